The lowest BCUT2D eigenvalue weighted by Crippen LogP contribution is -2.15. The average Bonchev–Trinajstić information content (AvgIpc) is 2.20. The van der Waals surface area contributed by atoms with Gasteiger partial charge in [0.15, 0.2) is 0 Å². The standard InChI is InChI=1S/C9H15ClN4O3S/c1-18(15,16)5-4-17-3-2-12-8-6-7(10)13-9(11)14-8/h6H,2-5H2,1H3,(H3,11,12,13,14). The molecule has 0 atom stereocenters. The average molecular weight is 295 g/mol. The first-order valence-corrected chi connectivity index (χ1v) is 7.60. The predicted molar refractivity (Wildman–Crippen MR) is 70.5 cm³/mol. The van der Waals surface area contributed by atoms with Gasteiger partial charge in [0, 0.05) is 18.9 Å². The summed E-state index contributed by atoms with van der Waals surface area (Å²) >= 11 is 5.69. The molecule has 0 saturated carbocycles. The summed E-state index contributed by atoms with van der Waals surface area (Å²) in [7, 11) is -2.97. The number of nitrogens with two attached hydrogens (primary N) is 1. The fourth-order valence-electron chi connectivity index (χ4n) is 1.09. The van der Waals surface area contributed by atoms with Crippen LogP contribution in [0.4, 0.5) is 11.8 Å². The van der Waals surface area contributed by atoms with Gasteiger partial charge in [0.2, 0.25) is 5.95 Å². The van der Waals surface area contributed by atoms with Crippen LogP contribution in [0, 0.1) is 0 Å². The summed E-state index contributed by atoms with van der Waals surface area (Å²) in [6.07, 6.45) is 1.17. The zero-order chi connectivity index (χ0) is 13.6. The van der Waals surface area contributed by atoms with Crippen molar-refractivity contribution in [3.63, 3.8) is 0 Å². The second-order valence-electron chi connectivity index (χ2n) is 3.60. The van der Waals surface area contributed by atoms with Crippen molar-refractivity contribution in [3.8, 4) is 0 Å². The van der Waals surface area contributed by atoms with Crippen molar-refractivity contribution in [1.82, 2.24) is 9.97 Å². The second kappa shape index (κ2) is 6.72. The quantitative estimate of drug-likeness (QED) is 0.546. The van der Waals surface area contributed by atoms with E-state index < -0.39 is 9.84 Å². The summed E-state index contributed by atoms with van der Waals surface area (Å²) in [5, 5.41) is 3.19. The van der Waals surface area contributed by atoms with E-state index in [1.165, 1.54) is 12.3 Å². The van der Waals surface area contributed by atoms with E-state index in [1.807, 2.05) is 0 Å². The monoisotopic (exact) mass is 294 g/mol. The number of ether oxygens (including phenoxy) is 1. The molecule has 0 radical (unpaired) electrons. The number of sulfone groups is 1. The molecule has 0 unspecified atom stereocenters. The zero-order valence-corrected chi connectivity index (χ0v) is 11.5. The van der Waals surface area contributed by atoms with E-state index in [9.17, 15) is 8.42 Å². The van der Waals surface area contributed by atoms with Crippen molar-refractivity contribution in [1.29, 1.82) is 0 Å². The Labute approximate surface area is 111 Å². The molecule has 3 N–H and O–H groups in total. The SMILES string of the molecule is CS(=O)(=O)CCOCCNc1cc(Cl)nc(N)n1. The highest BCUT2D eigenvalue weighted by atomic mass is 35.5. The highest BCUT2D eigenvalue weighted by Gasteiger charge is 2.02. The van der Waals surface area contributed by atoms with Crippen molar-refractivity contribution in [2.24, 2.45) is 0 Å². The molecule has 7 nitrogen and oxygen atoms in total. The van der Waals surface area contributed by atoms with Crippen LogP contribution in [0.15, 0.2) is 6.07 Å². The Hall–Kier alpha value is -1.12. The molecule has 0 aromatic carbocycles. The number of aromatic nitrogens is 2. The van der Waals surface area contributed by atoms with Gasteiger partial charge in [-0.25, -0.2) is 13.4 Å². The fourth-order valence-corrected chi connectivity index (χ4v) is 1.70. The first-order chi connectivity index (χ1) is 8.37. The minimum atomic E-state index is -2.97. The molecule has 1 aromatic rings. The van der Waals surface area contributed by atoms with Crippen molar-refractivity contribution < 1.29 is 13.2 Å². The van der Waals surface area contributed by atoms with Gasteiger partial charge < -0.3 is 15.8 Å². The molecule has 0 saturated heterocycles. The molecule has 0 spiro atoms. The largest absolute Gasteiger partial charge is 0.379 e. The maximum atomic E-state index is 10.8. The molecule has 0 amide bonds. The number of nitrogens with zero attached hydrogens (tertiary/aromatic N) is 2. The van der Waals surface area contributed by atoms with Crippen LogP contribution in [-0.2, 0) is 14.6 Å². The molecule has 1 heterocycles. The Balaban J connectivity index is 2.22. The molecule has 9 heteroatoms. The number of hydrogen-bond donors (Lipinski definition) is 2. The maximum absolute atomic E-state index is 10.8. The topological polar surface area (TPSA) is 107 Å². The van der Waals surface area contributed by atoms with E-state index in [0.717, 1.165) is 0 Å². The van der Waals surface area contributed by atoms with Gasteiger partial charge in [-0.15, -0.1) is 0 Å². The van der Waals surface area contributed by atoms with E-state index in [1.54, 1.807) is 0 Å². The van der Waals surface area contributed by atoms with E-state index in [-0.39, 0.29) is 23.5 Å². The molecule has 0 fully saturated rings. The van der Waals surface area contributed by atoms with Crippen molar-refractivity contribution in [2.45, 2.75) is 0 Å². The van der Waals surface area contributed by atoms with Gasteiger partial charge in [0.1, 0.15) is 20.8 Å². The Morgan fingerprint density at radius 3 is 2.78 bits per heavy atom. The predicted octanol–water partition coefficient (Wildman–Crippen LogP) is 0.185. The van der Waals surface area contributed by atoms with Crippen LogP contribution in [0.2, 0.25) is 5.15 Å². The van der Waals surface area contributed by atoms with Gasteiger partial charge in [-0.05, 0) is 0 Å². The molecule has 1 aromatic heterocycles. The molecule has 102 valence electrons. The van der Waals surface area contributed by atoms with Crippen molar-refractivity contribution in [3.05, 3.63) is 11.2 Å². The summed E-state index contributed by atoms with van der Waals surface area (Å²) in [6, 6.07) is 1.54. The molecule has 0 bridgehead atoms. The Kier molecular flexibility index (Phi) is 5.57. The third-order valence-electron chi connectivity index (χ3n) is 1.86. The smallest absolute Gasteiger partial charge is 0.223 e. The van der Waals surface area contributed by atoms with E-state index in [2.05, 4.69) is 15.3 Å². The van der Waals surface area contributed by atoms with E-state index >= 15 is 0 Å². The number of rotatable bonds is 7. The summed E-state index contributed by atoms with van der Waals surface area (Å²) in [5.74, 6) is 0.599. The molecular formula is C9H15ClN4O3S. The van der Waals surface area contributed by atoms with E-state index in [0.29, 0.717) is 19.0 Å². The first kappa shape index (κ1) is 14.9. The molecular weight excluding hydrogens is 280 g/mol. The lowest BCUT2D eigenvalue weighted by atomic mass is 10.5. The lowest BCUT2D eigenvalue weighted by Gasteiger charge is -2.07. The van der Waals surface area contributed by atoms with Crippen LogP contribution in [0.25, 0.3) is 0 Å². The number of halogens is 1. The molecule has 0 aliphatic rings. The number of nitrogen functional groups attached to an aromatic ring is 1. The zero-order valence-electron chi connectivity index (χ0n) is 9.89. The van der Waals surface area contributed by atoms with Gasteiger partial charge in [-0.2, -0.15) is 4.98 Å². The van der Waals surface area contributed by atoms with Crippen LogP contribution in [0.1, 0.15) is 0 Å². The summed E-state index contributed by atoms with van der Waals surface area (Å²) in [4.78, 5) is 7.62. The van der Waals surface area contributed by atoms with Crippen molar-refractivity contribution >= 4 is 33.2 Å². The van der Waals surface area contributed by atoms with Crippen molar-refractivity contribution in [2.75, 3.05) is 42.8 Å². The van der Waals surface area contributed by atoms with Gasteiger partial charge in [-0.1, -0.05) is 11.6 Å². The van der Waals surface area contributed by atoms with Crippen LogP contribution in [-0.4, -0.2) is 50.2 Å². The fraction of sp³-hybridized carbons (Fsp3) is 0.556. The molecule has 0 aliphatic heterocycles. The van der Waals surface area contributed by atoms with Crippen LogP contribution in [0.5, 0.6) is 0 Å². The van der Waals surface area contributed by atoms with Crippen LogP contribution >= 0.6 is 11.6 Å². The van der Waals surface area contributed by atoms with Gasteiger partial charge in [0.25, 0.3) is 0 Å². The Morgan fingerprint density at radius 2 is 2.17 bits per heavy atom. The van der Waals surface area contributed by atoms with Gasteiger partial charge in [0.05, 0.1) is 19.0 Å². The second-order valence-corrected chi connectivity index (χ2v) is 6.25. The molecule has 18 heavy (non-hydrogen) atoms. The lowest BCUT2D eigenvalue weighted by molar-refractivity contribution is 0.159. The third-order valence-corrected chi connectivity index (χ3v) is 2.97. The Morgan fingerprint density at radius 1 is 1.44 bits per heavy atom. The first-order valence-electron chi connectivity index (χ1n) is 5.16. The minimum absolute atomic E-state index is 0.0132. The van der Waals surface area contributed by atoms with Gasteiger partial charge >= 0.3 is 0 Å². The van der Waals surface area contributed by atoms with Gasteiger partial charge in [-0.3, -0.25) is 0 Å². The summed E-state index contributed by atoms with van der Waals surface area (Å²) < 4.78 is 26.8. The third kappa shape index (κ3) is 6.58. The highest BCUT2D eigenvalue weighted by molar-refractivity contribution is 7.90. The summed E-state index contributed by atoms with van der Waals surface area (Å²) in [5.41, 5.74) is 5.41. The molecule has 1 rings (SSSR count). The highest BCUT2D eigenvalue weighted by Crippen LogP contribution is 2.11. The van der Waals surface area contributed by atoms with E-state index in [4.69, 9.17) is 22.1 Å². The summed E-state index contributed by atoms with van der Waals surface area (Å²) in [6.45, 7) is 1.00. The van der Waals surface area contributed by atoms with Crippen LogP contribution < -0.4 is 11.1 Å². The Bertz CT molecular complexity index is 474. The normalized spacial score (nSPS) is 11.4. The minimum Gasteiger partial charge on any atom is -0.379 e. The number of hydrogen-bond acceptors (Lipinski definition) is 7. The number of nitrogens with one attached hydrogen (secondary N) is 1. The maximum Gasteiger partial charge on any atom is 0.223 e. The number of anilines is 2. The van der Waals surface area contributed by atoms with Crippen LogP contribution in [0.3, 0.4) is 0 Å². The molecule has 0 aliphatic carbocycles.